The summed E-state index contributed by atoms with van der Waals surface area (Å²) in [6.45, 7) is 1.83. The van der Waals surface area contributed by atoms with Gasteiger partial charge in [0.15, 0.2) is 0 Å². The van der Waals surface area contributed by atoms with Crippen LogP contribution in [0.4, 0.5) is 0 Å². The lowest BCUT2D eigenvalue weighted by molar-refractivity contribution is -0.133. The molecule has 30 heavy (non-hydrogen) atoms. The Kier molecular flexibility index (Phi) is 6.88. The van der Waals surface area contributed by atoms with Crippen LogP contribution in [-0.4, -0.2) is 35.0 Å². The van der Waals surface area contributed by atoms with Crippen LogP contribution in [0.1, 0.15) is 16.0 Å². The van der Waals surface area contributed by atoms with E-state index >= 15 is 0 Å². The lowest BCUT2D eigenvalue weighted by atomic mass is 10.1. The number of aromatic hydroxyl groups is 1. The van der Waals surface area contributed by atoms with E-state index in [2.05, 4.69) is 0 Å². The van der Waals surface area contributed by atoms with Crippen LogP contribution in [-0.2, 0) is 27.8 Å². The third kappa shape index (κ3) is 5.06. The summed E-state index contributed by atoms with van der Waals surface area (Å²) in [5.74, 6) is -0.888. The van der Waals surface area contributed by atoms with Crippen LogP contribution in [0.15, 0.2) is 70.9 Å². The molecule has 0 aliphatic heterocycles. The summed E-state index contributed by atoms with van der Waals surface area (Å²) >= 11 is 1.40. The zero-order chi connectivity index (χ0) is 21.7. The molecule has 0 saturated heterocycles. The molecule has 0 fully saturated rings. The van der Waals surface area contributed by atoms with E-state index in [1.165, 1.54) is 35.6 Å². The summed E-state index contributed by atoms with van der Waals surface area (Å²) in [6, 6.07) is 14.9. The van der Waals surface area contributed by atoms with Crippen molar-refractivity contribution in [3.8, 4) is 5.75 Å². The van der Waals surface area contributed by atoms with E-state index in [0.717, 1.165) is 14.7 Å². The van der Waals surface area contributed by atoms with Gasteiger partial charge in [-0.2, -0.15) is 4.31 Å². The molecule has 3 N–H and O–H groups in total. The number of carbonyl (C=O) groups is 1. The van der Waals surface area contributed by atoms with Crippen molar-refractivity contribution >= 4 is 27.3 Å². The fourth-order valence-corrected chi connectivity index (χ4v) is 5.44. The number of hydrogen-bond acceptors (Lipinski definition) is 6. The second-order valence-corrected chi connectivity index (χ2v) is 9.73. The van der Waals surface area contributed by atoms with Crippen molar-refractivity contribution in [1.82, 2.24) is 9.79 Å². The maximum absolute atomic E-state index is 13.5. The van der Waals surface area contributed by atoms with Gasteiger partial charge in [-0.15, -0.1) is 11.3 Å². The van der Waals surface area contributed by atoms with Crippen LogP contribution in [0, 0.1) is 6.92 Å². The number of phenols is 1. The van der Waals surface area contributed by atoms with Crippen LogP contribution in [0.25, 0.3) is 0 Å². The minimum absolute atomic E-state index is 0.0603. The molecule has 0 bridgehead atoms. The van der Waals surface area contributed by atoms with Crippen molar-refractivity contribution in [2.45, 2.75) is 30.8 Å². The summed E-state index contributed by atoms with van der Waals surface area (Å²) in [6.07, 6.45) is 0.104. The Hall–Kier alpha value is -2.72. The Morgan fingerprint density at radius 3 is 2.47 bits per heavy atom. The minimum Gasteiger partial charge on any atom is -0.508 e. The normalized spacial score (nSPS) is 12.6. The second kappa shape index (κ2) is 9.40. The Bertz CT molecular complexity index is 1100. The minimum atomic E-state index is -4.13. The highest BCUT2D eigenvalue weighted by atomic mass is 32.2. The van der Waals surface area contributed by atoms with Crippen LogP contribution in [0.3, 0.4) is 0 Å². The molecule has 3 aromatic rings. The number of thiophene rings is 1. The number of amides is 1. The Morgan fingerprint density at radius 2 is 1.87 bits per heavy atom. The number of nitrogens with one attached hydrogen (secondary N) is 1. The topological polar surface area (TPSA) is 107 Å². The molecule has 3 rings (SSSR count). The van der Waals surface area contributed by atoms with Crippen molar-refractivity contribution in [3.05, 3.63) is 82.0 Å². The van der Waals surface area contributed by atoms with Gasteiger partial charge in [-0.05, 0) is 48.2 Å². The number of hydroxylamine groups is 1. The maximum atomic E-state index is 13.5. The highest BCUT2D eigenvalue weighted by Gasteiger charge is 2.36. The average molecular weight is 447 g/mol. The Balaban J connectivity index is 2.08. The summed E-state index contributed by atoms with van der Waals surface area (Å²) in [5, 5.41) is 20.7. The molecule has 0 saturated carbocycles. The number of rotatable bonds is 8. The fraction of sp³-hybridized carbons (Fsp3) is 0.190. The van der Waals surface area contributed by atoms with Gasteiger partial charge in [0.2, 0.25) is 10.0 Å². The van der Waals surface area contributed by atoms with Gasteiger partial charge >= 0.3 is 0 Å². The number of sulfonamides is 1. The van der Waals surface area contributed by atoms with Gasteiger partial charge in [0.25, 0.3) is 5.91 Å². The van der Waals surface area contributed by atoms with Crippen molar-refractivity contribution in [2.75, 3.05) is 0 Å². The summed E-state index contributed by atoms with van der Waals surface area (Å²) in [5.41, 5.74) is 3.27. The van der Waals surface area contributed by atoms with Gasteiger partial charge in [0, 0.05) is 17.8 Å². The van der Waals surface area contributed by atoms with Crippen LogP contribution < -0.4 is 5.48 Å². The molecular formula is C21H22N2O5S2. The molecule has 9 heteroatoms. The number of nitrogens with zero attached hydrogens (tertiary/aromatic N) is 1. The first kappa shape index (κ1) is 22.0. The molecule has 0 radical (unpaired) electrons. The molecule has 0 aliphatic carbocycles. The predicted molar refractivity (Wildman–Crippen MR) is 114 cm³/mol. The number of aryl methyl sites for hydroxylation is 1. The van der Waals surface area contributed by atoms with Crippen molar-refractivity contribution in [2.24, 2.45) is 0 Å². The third-order valence-electron chi connectivity index (χ3n) is 4.60. The Morgan fingerprint density at radius 1 is 1.13 bits per heavy atom. The quantitative estimate of drug-likeness (QED) is 0.364. The van der Waals surface area contributed by atoms with Gasteiger partial charge in [-0.1, -0.05) is 35.9 Å². The average Bonchev–Trinajstić information content (AvgIpc) is 3.23. The smallest absolute Gasteiger partial charge is 0.262 e. The molecule has 0 unspecified atom stereocenters. The summed E-state index contributed by atoms with van der Waals surface area (Å²) < 4.78 is 28.1. The fourth-order valence-electron chi connectivity index (χ4n) is 3.13. The highest BCUT2D eigenvalue weighted by molar-refractivity contribution is 7.89. The maximum Gasteiger partial charge on any atom is 0.262 e. The molecule has 0 aliphatic rings. The van der Waals surface area contributed by atoms with E-state index in [0.29, 0.717) is 5.56 Å². The van der Waals surface area contributed by atoms with E-state index in [1.807, 2.05) is 36.6 Å². The third-order valence-corrected chi connectivity index (χ3v) is 7.37. The largest absolute Gasteiger partial charge is 0.508 e. The number of phenolic OH excluding ortho intramolecular Hbond substituents is 1. The molecular weight excluding hydrogens is 424 g/mol. The summed E-state index contributed by atoms with van der Waals surface area (Å²) in [7, 11) is -4.13. The lowest BCUT2D eigenvalue weighted by Gasteiger charge is -2.29. The van der Waals surface area contributed by atoms with E-state index in [9.17, 15) is 23.5 Å². The molecule has 158 valence electrons. The zero-order valence-corrected chi connectivity index (χ0v) is 17.9. The van der Waals surface area contributed by atoms with Crippen LogP contribution >= 0.6 is 11.3 Å². The monoisotopic (exact) mass is 446 g/mol. The molecule has 2 aromatic carbocycles. The number of hydrogen-bond donors (Lipinski definition) is 3. The van der Waals surface area contributed by atoms with Gasteiger partial charge in [-0.25, -0.2) is 13.9 Å². The molecule has 1 atom stereocenters. The van der Waals surface area contributed by atoms with Gasteiger partial charge in [-0.3, -0.25) is 10.0 Å². The molecule has 1 amide bonds. The molecule has 1 aromatic heterocycles. The zero-order valence-electron chi connectivity index (χ0n) is 16.2. The first-order valence-corrected chi connectivity index (χ1v) is 11.5. The van der Waals surface area contributed by atoms with E-state index in [-0.39, 0.29) is 23.6 Å². The number of benzene rings is 2. The summed E-state index contributed by atoms with van der Waals surface area (Å²) in [4.78, 5) is 13.3. The molecule has 0 spiro atoms. The van der Waals surface area contributed by atoms with E-state index < -0.39 is 22.0 Å². The van der Waals surface area contributed by atoms with Crippen molar-refractivity contribution in [3.63, 3.8) is 0 Å². The van der Waals surface area contributed by atoms with Crippen molar-refractivity contribution < 1.29 is 23.5 Å². The Labute approximate surface area is 179 Å². The number of carbonyl (C=O) groups excluding carboxylic acids is 1. The van der Waals surface area contributed by atoms with E-state index in [1.54, 1.807) is 17.6 Å². The van der Waals surface area contributed by atoms with Crippen molar-refractivity contribution in [1.29, 1.82) is 0 Å². The predicted octanol–water partition coefficient (Wildman–Crippen LogP) is 3.07. The first-order valence-electron chi connectivity index (χ1n) is 9.14. The molecule has 7 nitrogen and oxygen atoms in total. The second-order valence-electron chi connectivity index (χ2n) is 6.81. The van der Waals surface area contributed by atoms with Crippen LogP contribution in [0.2, 0.25) is 0 Å². The van der Waals surface area contributed by atoms with Gasteiger partial charge in [0.05, 0.1) is 4.90 Å². The van der Waals surface area contributed by atoms with Gasteiger partial charge in [0.1, 0.15) is 11.8 Å². The SMILES string of the molecule is Cc1cccc(CN([C@H](Cc2cccs2)C(=O)NO)S(=O)(=O)c2ccc(O)cc2)c1. The van der Waals surface area contributed by atoms with Gasteiger partial charge < -0.3 is 5.11 Å². The standard InChI is InChI=1S/C21H22N2O5S2/c1-15-4-2-5-16(12-15)14-23(30(27,28)19-9-7-17(24)8-10-19)20(21(25)22-26)13-18-6-3-11-29-18/h2-12,20,24,26H,13-14H2,1H3,(H,22,25)/t20-/m1/s1. The van der Waals surface area contributed by atoms with Crippen LogP contribution in [0.5, 0.6) is 5.75 Å². The van der Waals surface area contributed by atoms with E-state index in [4.69, 9.17) is 0 Å². The molecule has 1 heterocycles. The lowest BCUT2D eigenvalue weighted by Crippen LogP contribution is -2.49. The first-order chi connectivity index (χ1) is 14.3. The highest BCUT2D eigenvalue weighted by Crippen LogP contribution is 2.26.